The number of rotatable bonds is 14. The summed E-state index contributed by atoms with van der Waals surface area (Å²) in [5.41, 5.74) is 12.7. The molecule has 0 aliphatic carbocycles. The van der Waals surface area contributed by atoms with Gasteiger partial charge in [0, 0.05) is 17.0 Å². The second-order valence-corrected chi connectivity index (χ2v) is 12.1. The van der Waals surface area contributed by atoms with Crippen LogP contribution in [0.2, 0.25) is 0 Å². The molecule has 39 heavy (non-hydrogen) atoms. The molecule has 2 aromatic heterocycles. The van der Waals surface area contributed by atoms with Crippen LogP contribution in [-0.4, -0.2) is 36.0 Å². The van der Waals surface area contributed by atoms with Crippen LogP contribution in [0.1, 0.15) is 55.4 Å². The number of pyridine rings is 2. The van der Waals surface area contributed by atoms with Crippen LogP contribution in [0.3, 0.4) is 0 Å². The predicted octanol–water partition coefficient (Wildman–Crippen LogP) is 7.58. The van der Waals surface area contributed by atoms with Crippen molar-refractivity contribution in [2.75, 3.05) is 31.7 Å². The normalized spacial score (nSPS) is 11.9. The molecule has 0 bridgehead atoms. The Labute approximate surface area is 231 Å². The minimum atomic E-state index is -2.95. The fourth-order valence-electron chi connectivity index (χ4n) is 4.85. The average molecular weight is 550 g/mol. The molecule has 208 valence electrons. The molecule has 8 heteroatoms. The van der Waals surface area contributed by atoms with Gasteiger partial charge >= 0.3 is 7.60 Å². The van der Waals surface area contributed by atoms with Crippen molar-refractivity contribution in [3.63, 3.8) is 0 Å². The molecule has 2 aromatic carbocycles. The van der Waals surface area contributed by atoms with Gasteiger partial charge in [-0.25, -0.2) is 4.98 Å². The van der Waals surface area contributed by atoms with Crippen molar-refractivity contribution in [3.05, 3.63) is 70.9 Å². The number of ether oxygens (including phenoxy) is 1. The molecule has 4 aromatic rings. The van der Waals surface area contributed by atoms with E-state index in [0.717, 1.165) is 65.2 Å². The van der Waals surface area contributed by atoms with Crippen LogP contribution in [0, 0.1) is 13.8 Å². The summed E-state index contributed by atoms with van der Waals surface area (Å²) in [6.45, 7) is 9.29. The van der Waals surface area contributed by atoms with Crippen LogP contribution in [-0.2, 0) is 26.5 Å². The van der Waals surface area contributed by atoms with Crippen molar-refractivity contribution in [1.29, 1.82) is 0 Å². The maximum absolute atomic E-state index is 12.5. The first-order valence-electron chi connectivity index (χ1n) is 13.9. The Hall–Kier alpha value is -2.99. The van der Waals surface area contributed by atoms with Gasteiger partial charge in [-0.3, -0.25) is 9.55 Å². The largest absolute Gasteiger partial charge is 0.494 e. The molecule has 0 spiro atoms. The summed E-state index contributed by atoms with van der Waals surface area (Å²) >= 11 is 0. The van der Waals surface area contributed by atoms with E-state index in [-0.39, 0.29) is 0 Å². The number of hydrogen-bond donors (Lipinski definition) is 1. The summed E-state index contributed by atoms with van der Waals surface area (Å²) in [6, 6.07) is 14.8. The third-order valence-electron chi connectivity index (χ3n) is 6.86. The standard InChI is InChI=1S/C31H40N3O4P/c1-5-37-39(35,38-6-2)17-9-7-8-16-36-26-14-13-25(23(4)19-26)12-11-24-20-28-27-15-10-22(3)18-29(27)34-31(32)30(28)33-21-24/h10,13-15,18-21H,5-9,11-12,16-17H2,1-4H3,(H2,32,34). The Morgan fingerprint density at radius 1 is 0.897 bits per heavy atom. The molecule has 0 aliphatic heterocycles. The maximum Gasteiger partial charge on any atom is 0.330 e. The lowest BCUT2D eigenvalue weighted by atomic mass is 9.99. The van der Waals surface area contributed by atoms with E-state index in [2.05, 4.69) is 60.2 Å². The van der Waals surface area contributed by atoms with Crippen molar-refractivity contribution in [2.24, 2.45) is 0 Å². The fourth-order valence-corrected chi connectivity index (χ4v) is 6.58. The molecule has 2 N–H and O–H groups in total. The van der Waals surface area contributed by atoms with Crippen LogP contribution in [0.15, 0.2) is 48.7 Å². The van der Waals surface area contributed by atoms with Gasteiger partial charge in [0.1, 0.15) is 11.3 Å². The van der Waals surface area contributed by atoms with Gasteiger partial charge in [-0.05, 0) is 106 Å². The Bertz CT molecular complexity index is 1460. The number of fused-ring (bicyclic) bond motifs is 3. The SMILES string of the molecule is CCOP(=O)(CCCCCOc1ccc(CCc2cnc3c(N)nc4cc(C)ccc4c3c2)c(C)c1)OCC. The zero-order valence-corrected chi connectivity index (χ0v) is 24.4. The third kappa shape index (κ3) is 7.57. The Kier molecular flexibility index (Phi) is 9.95. The van der Waals surface area contributed by atoms with Gasteiger partial charge in [0.05, 0.1) is 31.5 Å². The first kappa shape index (κ1) is 29.0. The summed E-state index contributed by atoms with van der Waals surface area (Å²) in [5, 5.41) is 2.13. The van der Waals surface area contributed by atoms with Gasteiger partial charge in [0.25, 0.3) is 0 Å². The number of anilines is 1. The lowest BCUT2D eigenvalue weighted by Crippen LogP contribution is -2.02. The molecule has 0 unspecified atom stereocenters. The van der Waals surface area contributed by atoms with Crippen LogP contribution >= 0.6 is 7.60 Å². The Balaban J connectivity index is 1.30. The number of hydrogen-bond acceptors (Lipinski definition) is 7. The van der Waals surface area contributed by atoms with E-state index in [0.29, 0.717) is 31.8 Å². The van der Waals surface area contributed by atoms with Crippen molar-refractivity contribution in [2.45, 2.75) is 59.8 Å². The molecule has 0 amide bonds. The highest BCUT2D eigenvalue weighted by molar-refractivity contribution is 7.53. The van der Waals surface area contributed by atoms with Crippen molar-refractivity contribution in [1.82, 2.24) is 9.97 Å². The number of nitrogens with zero attached hydrogens (tertiary/aromatic N) is 2. The predicted molar refractivity (Wildman–Crippen MR) is 160 cm³/mol. The molecule has 0 aliphatic rings. The third-order valence-corrected chi connectivity index (χ3v) is 9.03. The van der Waals surface area contributed by atoms with E-state index in [1.165, 1.54) is 16.7 Å². The maximum atomic E-state index is 12.5. The second-order valence-electron chi connectivity index (χ2n) is 9.92. The number of aromatic nitrogens is 2. The number of nitrogens with two attached hydrogens (primary N) is 1. The van der Waals surface area contributed by atoms with Gasteiger partial charge < -0.3 is 19.5 Å². The van der Waals surface area contributed by atoms with Crippen molar-refractivity contribution >= 4 is 35.2 Å². The first-order valence-corrected chi connectivity index (χ1v) is 15.6. The minimum Gasteiger partial charge on any atom is -0.494 e. The van der Waals surface area contributed by atoms with E-state index in [1.807, 2.05) is 26.1 Å². The average Bonchev–Trinajstić information content (AvgIpc) is 2.90. The number of benzene rings is 2. The van der Waals surface area contributed by atoms with Gasteiger partial charge in [0.15, 0.2) is 5.82 Å². The molecule has 0 fully saturated rings. The Morgan fingerprint density at radius 3 is 2.44 bits per heavy atom. The summed E-state index contributed by atoms with van der Waals surface area (Å²) in [4.78, 5) is 9.20. The summed E-state index contributed by atoms with van der Waals surface area (Å²) in [5.74, 6) is 1.35. The number of unbranched alkanes of at least 4 members (excludes halogenated alkanes) is 2. The molecule has 0 radical (unpaired) electrons. The molecule has 7 nitrogen and oxygen atoms in total. The van der Waals surface area contributed by atoms with E-state index in [1.54, 1.807) is 0 Å². The molecule has 0 saturated carbocycles. The Morgan fingerprint density at radius 2 is 1.69 bits per heavy atom. The topological polar surface area (TPSA) is 96.6 Å². The van der Waals surface area contributed by atoms with E-state index in [9.17, 15) is 4.57 Å². The molecular weight excluding hydrogens is 509 g/mol. The quantitative estimate of drug-likeness (QED) is 0.0983. The highest BCUT2D eigenvalue weighted by Gasteiger charge is 2.22. The molecule has 0 atom stereocenters. The van der Waals surface area contributed by atoms with Gasteiger partial charge in [0.2, 0.25) is 0 Å². The summed E-state index contributed by atoms with van der Waals surface area (Å²) in [7, 11) is -2.95. The number of aryl methyl sites for hydroxylation is 4. The minimum absolute atomic E-state index is 0.401. The summed E-state index contributed by atoms with van der Waals surface area (Å²) in [6.07, 6.45) is 6.76. The summed E-state index contributed by atoms with van der Waals surface area (Å²) < 4.78 is 29.2. The van der Waals surface area contributed by atoms with Gasteiger partial charge in [-0.1, -0.05) is 18.2 Å². The second kappa shape index (κ2) is 13.4. The fraction of sp³-hybridized carbons (Fsp3) is 0.419. The highest BCUT2D eigenvalue weighted by atomic mass is 31.2. The van der Waals surface area contributed by atoms with Gasteiger partial charge in [-0.15, -0.1) is 0 Å². The van der Waals surface area contributed by atoms with E-state index >= 15 is 0 Å². The first-order chi connectivity index (χ1) is 18.8. The van der Waals surface area contributed by atoms with Crippen LogP contribution in [0.5, 0.6) is 5.75 Å². The zero-order valence-electron chi connectivity index (χ0n) is 23.5. The molecule has 4 rings (SSSR count). The highest BCUT2D eigenvalue weighted by Crippen LogP contribution is 2.48. The van der Waals surface area contributed by atoms with E-state index in [4.69, 9.17) is 19.5 Å². The lowest BCUT2D eigenvalue weighted by molar-refractivity contribution is 0.219. The van der Waals surface area contributed by atoms with Crippen molar-refractivity contribution < 1.29 is 18.3 Å². The van der Waals surface area contributed by atoms with Crippen LogP contribution < -0.4 is 10.5 Å². The van der Waals surface area contributed by atoms with E-state index < -0.39 is 7.60 Å². The lowest BCUT2D eigenvalue weighted by Gasteiger charge is -2.16. The smallest absolute Gasteiger partial charge is 0.330 e. The molecule has 0 saturated heterocycles. The molecule has 2 heterocycles. The molecular formula is C31H40N3O4P. The van der Waals surface area contributed by atoms with Gasteiger partial charge in [-0.2, -0.15) is 0 Å². The van der Waals surface area contributed by atoms with Crippen LogP contribution in [0.25, 0.3) is 21.8 Å². The van der Waals surface area contributed by atoms with Crippen molar-refractivity contribution in [3.8, 4) is 5.75 Å². The zero-order chi connectivity index (χ0) is 27.8. The number of nitrogen functional groups attached to an aromatic ring is 1. The van der Waals surface area contributed by atoms with Crippen LogP contribution in [0.4, 0.5) is 5.82 Å². The monoisotopic (exact) mass is 549 g/mol.